The predicted octanol–water partition coefficient (Wildman–Crippen LogP) is 0.529. The van der Waals surface area contributed by atoms with E-state index in [1.165, 1.54) is 24.3 Å². The van der Waals surface area contributed by atoms with Crippen LogP contribution in [0.3, 0.4) is 0 Å². The van der Waals surface area contributed by atoms with E-state index in [1.807, 2.05) is 0 Å². The van der Waals surface area contributed by atoms with E-state index in [0.717, 1.165) is 30.3 Å². The number of nitrogens with zero attached hydrogens (tertiary/aromatic N) is 2. The fraction of sp³-hybridized carbons (Fsp3) is 0.100. The van der Waals surface area contributed by atoms with Crippen molar-refractivity contribution in [3.63, 3.8) is 0 Å². The van der Waals surface area contributed by atoms with Crippen LogP contribution in [-0.2, 0) is 48.0 Å². The summed E-state index contributed by atoms with van der Waals surface area (Å²) in [6.07, 6.45) is 0.497. The number of hydrogen-bond acceptors (Lipinski definition) is 10. The first-order valence-corrected chi connectivity index (χ1v) is 12.3. The molecule has 2 aromatic carbocycles. The molecule has 1 fully saturated rings. The first-order chi connectivity index (χ1) is 16.0. The molecule has 4 amide bonds. The van der Waals surface area contributed by atoms with E-state index in [-0.39, 0.29) is 39.0 Å². The fourth-order valence-electron chi connectivity index (χ4n) is 3.04. The molecule has 14 heteroatoms. The van der Waals surface area contributed by atoms with E-state index in [4.69, 9.17) is 4.28 Å². The largest absolute Gasteiger partial charge is 0.318 e. The highest BCUT2D eigenvalue weighted by molar-refractivity contribution is 7.87. The zero-order valence-electron chi connectivity index (χ0n) is 17.0. The van der Waals surface area contributed by atoms with Crippen LogP contribution in [0.1, 0.15) is 18.4 Å². The summed E-state index contributed by atoms with van der Waals surface area (Å²) < 4.78 is 58.7. The van der Waals surface area contributed by atoms with Crippen LogP contribution in [0, 0.1) is 0 Å². The maximum atomic E-state index is 12.6. The number of hydroxylamine groups is 4. The van der Waals surface area contributed by atoms with Crippen LogP contribution in [0.4, 0.5) is 0 Å². The normalized spacial score (nSPS) is 17.0. The third kappa shape index (κ3) is 4.38. The topological polar surface area (TPSA) is 161 Å². The first kappa shape index (κ1) is 23.4. The molecule has 0 spiro atoms. The molecule has 34 heavy (non-hydrogen) atoms. The fourth-order valence-corrected chi connectivity index (χ4v) is 4.87. The Labute approximate surface area is 193 Å². The molecule has 0 bridgehead atoms. The smallest absolute Gasteiger partial charge is 0.272 e. The van der Waals surface area contributed by atoms with E-state index >= 15 is 0 Å². The number of rotatable bonds is 7. The van der Waals surface area contributed by atoms with Crippen molar-refractivity contribution in [3.05, 3.63) is 66.2 Å². The molecule has 0 radical (unpaired) electrons. The van der Waals surface area contributed by atoms with E-state index in [2.05, 4.69) is 4.28 Å². The third-order valence-corrected chi connectivity index (χ3v) is 7.11. The molecule has 0 aliphatic carbocycles. The lowest BCUT2D eigenvalue weighted by atomic mass is 10.1. The molecule has 0 unspecified atom stereocenters. The van der Waals surface area contributed by atoms with Gasteiger partial charge in [-0.15, -0.1) is 18.7 Å². The second-order valence-corrected chi connectivity index (χ2v) is 10.0. The molecule has 4 rings (SSSR count). The lowest BCUT2D eigenvalue weighted by Crippen LogP contribution is -2.33. The summed E-state index contributed by atoms with van der Waals surface area (Å²) in [5.74, 6) is -3.72. The molecule has 2 aromatic rings. The van der Waals surface area contributed by atoms with Crippen LogP contribution >= 0.6 is 0 Å². The first-order valence-electron chi connectivity index (χ1n) is 9.50. The second kappa shape index (κ2) is 8.57. The van der Waals surface area contributed by atoms with Gasteiger partial charge in [0.15, 0.2) is 0 Å². The van der Waals surface area contributed by atoms with Crippen molar-refractivity contribution in [2.75, 3.05) is 0 Å². The molecule has 0 atom stereocenters. The summed E-state index contributed by atoms with van der Waals surface area (Å²) in [6, 6.07) is 11.3. The standard InChI is InChI=1S/C20H14N2O10S2/c23-17-10-11-18(24)21(17)31-34(29,30)15-8-6-13(7-9-15)16-12-19(25)22(20(16)26)32-33(27,28)14-4-2-1-3-5-14/h1-9,12H,10-11H2. The molecule has 12 nitrogen and oxygen atoms in total. The Morgan fingerprint density at radius 1 is 0.647 bits per heavy atom. The van der Waals surface area contributed by atoms with Crippen molar-refractivity contribution in [1.82, 2.24) is 10.1 Å². The third-order valence-electron chi connectivity index (χ3n) is 4.72. The average molecular weight is 506 g/mol. The zero-order chi connectivity index (χ0) is 24.7. The summed E-state index contributed by atoms with van der Waals surface area (Å²) in [4.78, 5) is 47.3. The molecular formula is C20H14N2O10S2. The number of amides is 4. The highest BCUT2D eigenvalue weighted by Gasteiger charge is 2.38. The lowest BCUT2D eigenvalue weighted by molar-refractivity contribution is -0.164. The summed E-state index contributed by atoms with van der Waals surface area (Å²) in [5, 5.41) is 0.253. The maximum absolute atomic E-state index is 12.6. The van der Waals surface area contributed by atoms with Gasteiger partial charge in [-0.3, -0.25) is 19.2 Å². The van der Waals surface area contributed by atoms with Gasteiger partial charge < -0.3 is 0 Å². The number of benzene rings is 2. The molecule has 0 N–H and O–H groups in total. The monoisotopic (exact) mass is 506 g/mol. The van der Waals surface area contributed by atoms with E-state index in [0.29, 0.717) is 0 Å². The van der Waals surface area contributed by atoms with Crippen LogP contribution in [0.15, 0.2) is 70.5 Å². The van der Waals surface area contributed by atoms with Crippen LogP contribution < -0.4 is 0 Å². The van der Waals surface area contributed by atoms with Gasteiger partial charge in [-0.25, -0.2) is 0 Å². The second-order valence-electron chi connectivity index (χ2n) is 6.97. The van der Waals surface area contributed by atoms with Crippen LogP contribution in [0.5, 0.6) is 0 Å². The number of hydrogen-bond donors (Lipinski definition) is 0. The number of imide groups is 2. The van der Waals surface area contributed by atoms with Gasteiger partial charge in [0.05, 0.1) is 15.4 Å². The van der Waals surface area contributed by atoms with Gasteiger partial charge in [0.2, 0.25) is 0 Å². The van der Waals surface area contributed by atoms with Gasteiger partial charge >= 0.3 is 20.2 Å². The summed E-state index contributed by atoms with van der Waals surface area (Å²) in [7, 11) is -9.01. The van der Waals surface area contributed by atoms with E-state index < -0.39 is 48.8 Å². The Morgan fingerprint density at radius 3 is 1.71 bits per heavy atom. The van der Waals surface area contributed by atoms with Gasteiger partial charge in [-0.1, -0.05) is 30.3 Å². The molecular weight excluding hydrogens is 492 g/mol. The number of carbonyl (C=O) groups excluding carboxylic acids is 4. The minimum absolute atomic E-state index is 0.0776. The van der Waals surface area contributed by atoms with Gasteiger partial charge in [-0.05, 0) is 29.8 Å². The SMILES string of the molecule is O=C1C=C(c2ccc(S(=O)(=O)ON3C(=O)CCC3=O)cc2)C(=O)N1OS(=O)(=O)c1ccccc1. The highest BCUT2D eigenvalue weighted by atomic mass is 32.2. The summed E-state index contributed by atoms with van der Waals surface area (Å²) in [5.41, 5.74) is -0.170. The molecule has 2 aliphatic rings. The van der Waals surface area contributed by atoms with E-state index in [1.54, 1.807) is 6.07 Å². The number of carbonyl (C=O) groups is 4. The van der Waals surface area contributed by atoms with Crippen molar-refractivity contribution in [3.8, 4) is 0 Å². The van der Waals surface area contributed by atoms with Crippen LogP contribution in [0.2, 0.25) is 0 Å². The quantitative estimate of drug-likeness (QED) is 0.484. The van der Waals surface area contributed by atoms with Crippen molar-refractivity contribution in [2.24, 2.45) is 0 Å². The molecule has 176 valence electrons. The Kier molecular flexibility index (Phi) is 5.91. The average Bonchev–Trinajstić information content (AvgIpc) is 3.27. The summed E-state index contributed by atoms with van der Waals surface area (Å²) in [6.45, 7) is 0. The van der Waals surface area contributed by atoms with Crippen molar-refractivity contribution >= 4 is 49.4 Å². The molecule has 0 aromatic heterocycles. The Hall–Kier alpha value is -3.72. The Balaban J connectivity index is 1.51. The minimum atomic E-state index is -4.54. The molecule has 1 saturated heterocycles. The van der Waals surface area contributed by atoms with Crippen LogP contribution in [-0.4, -0.2) is 50.6 Å². The minimum Gasteiger partial charge on any atom is -0.272 e. The highest BCUT2D eigenvalue weighted by Crippen LogP contribution is 2.28. The van der Waals surface area contributed by atoms with Gasteiger partial charge in [0, 0.05) is 18.9 Å². The van der Waals surface area contributed by atoms with E-state index in [9.17, 15) is 36.0 Å². The molecule has 2 aliphatic heterocycles. The van der Waals surface area contributed by atoms with Gasteiger partial charge in [-0.2, -0.15) is 16.8 Å². The molecule has 0 saturated carbocycles. The van der Waals surface area contributed by atoms with Crippen molar-refractivity contribution in [2.45, 2.75) is 22.6 Å². The zero-order valence-corrected chi connectivity index (χ0v) is 18.6. The Bertz CT molecular complexity index is 1430. The van der Waals surface area contributed by atoms with Crippen molar-refractivity contribution < 1.29 is 44.6 Å². The van der Waals surface area contributed by atoms with Crippen molar-refractivity contribution in [1.29, 1.82) is 0 Å². The molecule has 2 heterocycles. The summed E-state index contributed by atoms with van der Waals surface area (Å²) >= 11 is 0. The van der Waals surface area contributed by atoms with Crippen LogP contribution in [0.25, 0.3) is 5.57 Å². The lowest BCUT2D eigenvalue weighted by Gasteiger charge is -2.14. The van der Waals surface area contributed by atoms with Gasteiger partial charge in [0.1, 0.15) is 0 Å². The van der Waals surface area contributed by atoms with Gasteiger partial charge in [0.25, 0.3) is 23.6 Å². The predicted molar refractivity (Wildman–Crippen MR) is 110 cm³/mol. The maximum Gasteiger partial charge on any atom is 0.318 e. The Morgan fingerprint density at radius 2 is 1.15 bits per heavy atom.